The van der Waals surface area contributed by atoms with Gasteiger partial charge in [0.2, 0.25) is 0 Å². The van der Waals surface area contributed by atoms with Gasteiger partial charge in [0.25, 0.3) is 0 Å². The fraction of sp³-hybridized carbons (Fsp3) is 0.800. The van der Waals surface area contributed by atoms with Gasteiger partial charge in [-0.3, -0.25) is 0 Å². The van der Waals surface area contributed by atoms with Crippen LogP contribution >= 0.6 is 0 Å². The topological polar surface area (TPSA) is 77.1 Å². The molecule has 0 saturated carbocycles. The Morgan fingerprint density at radius 1 is 1.24 bits per heavy atom. The molecule has 1 aliphatic rings. The first-order valence-electron chi connectivity index (χ1n) is 5.41. The van der Waals surface area contributed by atoms with E-state index in [1.54, 1.807) is 20.8 Å². The number of amides is 2. The van der Waals surface area contributed by atoms with Crippen molar-refractivity contribution < 1.29 is 23.9 Å². The second-order valence-electron chi connectivity index (χ2n) is 4.57. The molecule has 1 N–H and O–H groups in total. The number of carbonyl (C=O) groups is 2. The SMILES string of the molecule is CC(C)(C)OC(=O)NOC(=O)N1CCOCC1. The summed E-state index contributed by atoms with van der Waals surface area (Å²) in [5.41, 5.74) is 1.31. The molecule has 1 fully saturated rings. The van der Waals surface area contributed by atoms with Crippen LogP contribution in [0.4, 0.5) is 9.59 Å². The lowest BCUT2D eigenvalue weighted by atomic mass is 10.2. The standard InChI is InChI=1S/C10H18N2O5/c1-10(2,3)16-8(13)11-17-9(14)12-4-6-15-7-5-12/h4-7H2,1-3H3,(H,11,13). The van der Waals surface area contributed by atoms with Gasteiger partial charge in [-0.2, -0.15) is 0 Å². The minimum atomic E-state index is -0.792. The average Bonchev–Trinajstić information content (AvgIpc) is 2.25. The van der Waals surface area contributed by atoms with E-state index in [4.69, 9.17) is 9.47 Å². The van der Waals surface area contributed by atoms with Crippen LogP contribution in [-0.4, -0.2) is 49.0 Å². The van der Waals surface area contributed by atoms with E-state index in [2.05, 4.69) is 4.84 Å². The number of hydrogen-bond donors (Lipinski definition) is 1. The fourth-order valence-corrected chi connectivity index (χ4v) is 1.19. The first-order chi connectivity index (χ1) is 7.88. The van der Waals surface area contributed by atoms with Gasteiger partial charge in [0, 0.05) is 13.1 Å². The highest BCUT2D eigenvalue weighted by Crippen LogP contribution is 2.06. The lowest BCUT2D eigenvalue weighted by Crippen LogP contribution is -2.44. The van der Waals surface area contributed by atoms with E-state index in [1.165, 1.54) is 4.90 Å². The highest BCUT2D eigenvalue weighted by atomic mass is 16.7. The molecular weight excluding hydrogens is 228 g/mol. The maximum absolute atomic E-state index is 11.4. The Kier molecular flexibility index (Phi) is 4.56. The molecule has 2 amide bonds. The average molecular weight is 246 g/mol. The molecule has 0 unspecified atom stereocenters. The van der Waals surface area contributed by atoms with Gasteiger partial charge in [-0.1, -0.05) is 0 Å². The van der Waals surface area contributed by atoms with E-state index in [1.807, 2.05) is 5.48 Å². The number of rotatable bonds is 0. The summed E-state index contributed by atoms with van der Waals surface area (Å²) in [5.74, 6) is 0. The molecule has 1 saturated heterocycles. The molecule has 0 aromatic rings. The van der Waals surface area contributed by atoms with Crippen molar-refractivity contribution in [3.05, 3.63) is 0 Å². The third-order valence-corrected chi connectivity index (χ3v) is 1.89. The van der Waals surface area contributed by atoms with E-state index in [0.29, 0.717) is 26.3 Å². The van der Waals surface area contributed by atoms with Gasteiger partial charge in [-0.05, 0) is 20.8 Å². The molecule has 17 heavy (non-hydrogen) atoms. The number of morpholine rings is 1. The summed E-state index contributed by atoms with van der Waals surface area (Å²) in [7, 11) is 0. The van der Waals surface area contributed by atoms with Gasteiger partial charge in [0.05, 0.1) is 13.2 Å². The van der Waals surface area contributed by atoms with Crippen LogP contribution in [0.3, 0.4) is 0 Å². The van der Waals surface area contributed by atoms with Crippen molar-refractivity contribution in [3.63, 3.8) is 0 Å². The number of hydroxylamine groups is 1. The van der Waals surface area contributed by atoms with Gasteiger partial charge in [-0.15, -0.1) is 5.48 Å². The Morgan fingerprint density at radius 2 is 1.82 bits per heavy atom. The minimum Gasteiger partial charge on any atom is -0.442 e. The number of ether oxygens (including phenoxy) is 2. The van der Waals surface area contributed by atoms with Crippen molar-refractivity contribution in [2.24, 2.45) is 0 Å². The van der Waals surface area contributed by atoms with E-state index in [0.717, 1.165) is 0 Å². The van der Waals surface area contributed by atoms with Crippen molar-refractivity contribution in [2.75, 3.05) is 26.3 Å². The third-order valence-electron chi connectivity index (χ3n) is 1.89. The molecule has 0 aliphatic carbocycles. The monoisotopic (exact) mass is 246 g/mol. The molecular formula is C10H18N2O5. The Morgan fingerprint density at radius 3 is 2.35 bits per heavy atom. The number of nitrogens with one attached hydrogen (secondary N) is 1. The van der Waals surface area contributed by atoms with Crippen molar-refractivity contribution >= 4 is 12.2 Å². The Labute approximate surface area is 99.9 Å². The van der Waals surface area contributed by atoms with Crippen LogP contribution in [0, 0.1) is 0 Å². The second kappa shape index (κ2) is 5.72. The molecule has 0 bridgehead atoms. The fourth-order valence-electron chi connectivity index (χ4n) is 1.19. The largest absolute Gasteiger partial charge is 0.442 e. The summed E-state index contributed by atoms with van der Waals surface area (Å²) in [6.45, 7) is 7.01. The van der Waals surface area contributed by atoms with Crippen molar-refractivity contribution in [3.8, 4) is 0 Å². The molecule has 0 aromatic heterocycles. The Bertz CT molecular complexity index is 281. The lowest BCUT2D eigenvalue weighted by Gasteiger charge is -2.26. The Hall–Kier alpha value is -1.50. The predicted molar refractivity (Wildman–Crippen MR) is 58.2 cm³/mol. The van der Waals surface area contributed by atoms with Crippen LogP contribution in [0.15, 0.2) is 0 Å². The molecule has 0 spiro atoms. The molecule has 1 aliphatic heterocycles. The number of hydrogen-bond acceptors (Lipinski definition) is 5. The predicted octanol–water partition coefficient (Wildman–Crippen LogP) is 0.895. The highest BCUT2D eigenvalue weighted by molar-refractivity contribution is 5.72. The Balaban J connectivity index is 2.25. The van der Waals surface area contributed by atoms with Gasteiger partial charge in [-0.25, -0.2) is 9.59 Å². The maximum Gasteiger partial charge on any atom is 0.441 e. The quantitative estimate of drug-likeness (QED) is 0.642. The van der Waals surface area contributed by atoms with Crippen LogP contribution in [0.5, 0.6) is 0 Å². The van der Waals surface area contributed by atoms with Crippen LogP contribution < -0.4 is 5.48 Å². The molecule has 98 valence electrons. The second-order valence-corrected chi connectivity index (χ2v) is 4.57. The maximum atomic E-state index is 11.4. The number of carbonyl (C=O) groups excluding carboxylic acids is 2. The third kappa shape index (κ3) is 5.39. The normalized spacial score (nSPS) is 16.3. The zero-order chi connectivity index (χ0) is 12.9. The molecule has 1 rings (SSSR count). The molecule has 0 atom stereocenters. The zero-order valence-corrected chi connectivity index (χ0v) is 10.3. The molecule has 1 heterocycles. The number of nitrogens with zero attached hydrogens (tertiary/aromatic N) is 1. The van der Waals surface area contributed by atoms with Gasteiger partial charge in [0.15, 0.2) is 0 Å². The van der Waals surface area contributed by atoms with Crippen molar-refractivity contribution in [1.29, 1.82) is 0 Å². The highest BCUT2D eigenvalue weighted by Gasteiger charge is 2.21. The summed E-state index contributed by atoms with van der Waals surface area (Å²) in [6, 6.07) is 0. The minimum absolute atomic E-state index is 0.453. The van der Waals surface area contributed by atoms with E-state index < -0.39 is 17.8 Å². The molecule has 7 heteroatoms. The summed E-state index contributed by atoms with van der Waals surface area (Å²) in [6.07, 6.45) is -1.40. The summed E-state index contributed by atoms with van der Waals surface area (Å²) in [4.78, 5) is 28.7. The van der Waals surface area contributed by atoms with E-state index in [-0.39, 0.29) is 0 Å². The molecule has 0 radical (unpaired) electrons. The summed E-state index contributed by atoms with van der Waals surface area (Å²) < 4.78 is 9.98. The first-order valence-corrected chi connectivity index (χ1v) is 5.41. The van der Waals surface area contributed by atoms with Crippen LogP contribution in [0.2, 0.25) is 0 Å². The lowest BCUT2D eigenvalue weighted by molar-refractivity contribution is -0.00895. The van der Waals surface area contributed by atoms with Crippen LogP contribution in [-0.2, 0) is 14.3 Å². The van der Waals surface area contributed by atoms with Crippen molar-refractivity contribution in [1.82, 2.24) is 10.4 Å². The molecule has 0 aromatic carbocycles. The smallest absolute Gasteiger partial charge is 0.441 e. The zero-order valence-electron chi connectivity index (χ0n) is 10.3. The summed E-state index contributed by atoms with van der Waals surface area (Å²) in [5, 5.41) is 0. The summed E-state index contributed by atoms with van der Waals surface area (Å²) >= 11 is 0. The molecule has 7 nitrogen and oxygen atoms in total. The van der Waals surface area contributed by atoms with E-state index >= 15 is 0 Å². The van der Waals surface area contributed by atoms with Crippen LogP contribution in [0.1, 0.15) is 20.8 Å². The van der Waals surface area contributed by atoms with Gasteiger partial charge < -0.3 is 19.2 Å². The van der Waals surface area contributed by atoms with Gasteiger partial charge >= 0.3 is 12.2 Å². The van der Waals surface area contributed by atoms with E-state index in [9.17, 15) is 9.59 Å². The first kappa shape index (κ1) is 13.6. The van der Waals surface area contributed by atoms with Crippen LogP contribution in [0.25, 0.3) is 0 Å². The van der Waals surface area contributed by atoms with Crippen molar-refractivity contribution in [2.45, 2.75) is 26.4 Å². The van der Waals surface area contributed by atoms with Gasteiger partial charge in [0.1, 0.15) is 5.60 Å².